The number of carbonyl (C=O) groups is 1. The molecule has 7 nitrogen and oxygen atoms in total. The minimum absolute atomic E-state index is 0.0418. The van der Waals surface area contributed by atoms with E-state index < -0.39 is 10.0 Å². The molecule has 3 aromatic rings. The first kappa shape index (κ1) is 20.9. The zero-order valence-electron chi connectivity index (χ0n) is 16.9. The molecule has 0 saturated carbocycles. The van der Waals surface area contributed by atoms with Gasteiger partial charge >= 0.3 is 0 Å². The van der Waals surface area contributed by atoms with Gasteiger partial charge in [-0.25, -0.2) is 12.9 Å². The molecule has 10 heteroatoms. The maximum Gasteiger partial charge on any atom is 0.257 e. The summed E-state index contributed by atoms with van der Waals surface area (Å²) in [5, 5.41) is 4.35. The predicted octanol–water partition coefficient (Wildman–Crippen LogP) is 3.85. The van der Waals surface area contributed by atoms with Gasteiger partial charge in [-0.05, 0) is 61.4 Å². The largest absolute Gasteiger partial charge is 0.339 e. The van der Waals surface area contributed by atoms with Crippen molar-refractivity contribution in [2.45, 2.75) is 35.8 Å². The highest BCUT2D eigenvalue weighted by atomic mass is 35.5. The summed E-state index contributed by atoms with van der Waals surface area (Å²) in [4.78, 5) is 14.8. The van der Waals surface area contributed by atoms with Crippen molar-refractivity contribution in [1.82, 2.24) is 18.8 Å². The summed E-state index contributed by atoms with van der Waals surface area (Å²) < 4.78 is 29.8. The zero-order chi connectivity index (χ0) is 21.6. The highest BCUT2D eigenvalue weighted by molar-refractivity contribution is 7.91. The van der Waals surface area contributed by atoms with Crippen molar-refractivity contribution < 1.29 is 13.2 Å². The van der Waals surface area contributed by atoms with E-state index in [1.165, 1.54) is 0 Å². The average molecular weight is 479 g/mol. The minimum Gasteiger partial charge on any atom is -0.339 e. The third kappa shape index (κ3) is 3.88. The topological polar surface area (TPSA) is 75.0 Å². The molecule has 0 atom stereocenters. The molecule has 164 valence electrons. The van der Waals surface area contributed by atoms with Crippen LogP contribution in [0.5, 0.6) is 0 Å². The Labute approximate surface area is 190 Å². The molecule has 0 N–H and O–H groups in total. The van der Waals surface area contributed by atoms with Crippen molar-refractivity contribution in [2.24, 2.45) is 0 Å². The maximum atomic E-state index is 12.9. The van der Waals surface area contributed by atoms with Gasteiger partial charge in [0.15, 0.2) is 0 Å². The molecule has 2 saturated heterocycles. The number of hydrogen-bond acceptors (Lipinski definition) is 5. The molecule has 5 heterocycles. The first-order valence-electron chi connectivity index (χ1n) is 10.5. The number of rotatable bonds is 4. The molecule has 0 unspecified atom stereocenters. The minimum atomic E-state index is -3.50. The molecule has 0 bridgehead atoms. The van der Waals surface area contributed by atoms with E-state index in [9.17, 15) is 13.2 Å². The Morgan fingerprint density at radius 1 is 1.10 bits per heavy atom. The summed E-state index contributed by atoms with van der Waals surface area (Å²) in [5.74, 6) is 0.285. The van der Waals surface area contributed by atoms with Gasteiger partial charge in [0, 0.05) is 32.4 Å². The van der Waals surface area contributed by atoms with Gasteiger partial charge in [-0.1, -0.05) is 11.6 Å². The van der Waals surface area contributed by atoms with Crippen molar-refractivity contribution >= 4 is 44.4 Å². The number of amides is 1. The van der Waals surface area contributed by atoms with E-state index in [1.54, 1.807) is 27.2 Å². The van der Waals surface area contributed by atoms with Gasteiger partial charge in [-0.3, -0.25) is 4.79 Å². The summed E-state index contributed by atoms with van der Waals surface area (Å²) in [5.41, 5.74) is 2.58. The molecule has 31 heavy (non-hydrogen) atoms. The van der Waals surface area contributed by atoms with Gasteiger partial charge in [-0.2, -0.15) is 9.40 Å². The second-order valence-corrected chi connectivity index (χ2v) is 12.0. The Morgan fingerprint density at radius 3 is 2.52 bits per heavy atom. The number of halogens is 1. The van der Waals surface area contributed by atoms with Gasteiger partial charge in [-0.15, -0.1) is 11.3 Å². The third-order valence-corrected chi connectivity index (χ3v) is 9.83. The van der Waals surface area contributed by atoms with Gasteiger partial charge in [0.05, 0.1) is 21.6 Å². The third-order valence-electron chi connectivity index (χ3n) is 6.24. The number of carbonyl (C=O) groups excluding carboxylic acids is 1. The fourth-order valence-electron chi connectivity index (χ4n) is 4.50. The van der Waals surface area contributed by atoms with E-state index in [0.29, 0.717) is 27.2 Å². The van der Waals surface area contributed by atoms with Crippen LogP contribution in [0.3, 0.4) is 0 Å². The lowest BCUT2D eigenvalue weighted by molar-refractivity contribution is 0.0794. The Hall–Kier alpha value is -1.94. The fraction of sp³-hybridized carbons (Fsp3) is 0.429. The van der Waals surface area contributed by atoms with Crippen LogP contribution in [-0.4, -0.2) is 59.3 Å². The first-order valence-corrected chi connectivity index (χ1v) is 13.1. The Kier molecular flexibility index (Phi) is 5.54. The van der Waals surface area contributed by atoms with E-state index >= 15 is 0 Å². The van der Waals surface area contributed by atoms with E-state index in [4.69, 9.17) is 11.6 Å². The van der Waals surface area contributed by atoms with Gasteiger partial charge in [0.25, 0.3) is 15.9 Å². The number of hydrogen-bond donors (Lipinski definition) is 0. The van der Waals surface area contributed by atoms with Crippen LogP contribution in [0, 0.1) is 0 Å². The number of likely N-dealkylation sites (tertiary alicyclic amines) is 1. The van der Waals surface area contributed by atoms with Crippen molar-refractivity contribution in [1.29, 1.82) is 0 Å². The lowest BCUT2D eigenvalue weighted by Crippen LogP contribution is -2.37. The van der Waals surface area contributed by atoms with Crippen LogP contribution >= 0.6 is 22.9 Å². The molecule has 3 aromatic heterocycles. The monoisotopic (exact) mass is 478 g/mol. The summed E-state index contributed by atoms with van der Waals surface area (Å²) in [6, 6.07) is 7.26. The quantitative estimate of drug-likeness (QED) is 0.570. The lowest BCUT2D eigenvalue weighted by Gasteiger charge is -2.31. The lowest BCUT2D eigenvalue weighted by atomic mass is 9.90. The van der Waals surface area contributed by atoms with E-state index in [1.807, 2.05) is 23.2 Å². The summed E-state index contributed by atoms with van der Waals surface area (Å²) in [6.45, 7) is 2.54. The highest BCUT2D eigenvalue weighted by Gasteiger charge is 2.31. The highest BCUT2D eigenvalue weighted by Crippen LogP contribution is 2.34. The van der Waals surface area contributed by atoms with Crippen LogP contribution in [-0.2, 0) is 10.0 Å². The SMILES string of the molecule is O=C(c1cnn2ccc(C3CCN(S(=O)(=O)c4ccc(Cl)s4)CC3)cc12)N1CCCC1. The molecule has 0 spiro atoms. The molecule has 0 aromatic carbocycles. The van der Waals surface area contributed by atoms with Gasteiger partial charge in [0.2, 0.25) is 0 Å². The summed E-state index contributed by atoms with van der Waals surface area (Å²) >= 11 is 7.02. The van der Waals surface area contributed by atoms with Crippen molar-refractivity contribution in [3.8, 4) is 0 Å². The van der Waals surface area contributed by atoms with Gasteiger partial charge < -0.3 is 4.90 Å². The van der Waals surface area contributed by atoms with Gasteiger partial charge in [0.1, 0.15) is 4.21 Å². The smallest absolute Gasteiger partial charge is 0.257 e. The zero-order valence-corrected chi connectivity index (χ0v) is 19.3. The number of aromatic nitrogens is 2. The maximum absolute atomic E-state index is 12.9. The normalized spacial score (nSPS) is 18.8. The van der Waals surface area contributed by atoms with Crippen molar-refractivity contribution in [3.63, 3.8) is 0 Å². The molecular weight excluding hydrogens is 456 g/mol. The van der Waals surface area contributed by atoms with Crippen LogP contribution in [0.15, 0.2) is 40.9 Å². The molecule has 0 radical (unpaired) electrons. The number of pyridine rings is 1. The predicted molar refractivity (Wildman–Crippen MR) is 120 cm³/mol. The Morgan fingerprint density at radius 2 is 1.84 bits per heavy atom. The molecule has 1 amide bonds. The number of fused-ring (bicyclic) bond motifs is 1. The molecule has 2 fully saturated rings. The first-order chi connectivity index (χ1) is 14.9. The van der Waals surface area contributed by atoms with Crippen LogP contribution in [0.4, 0.5) is 0 Å². The standard InChI is InChI=1S/C21H23ClN4O3S2/c22-19-3-4-20(30-19)31(28,29)25-10-5-15(6-11-25)16-7-12-26-18(13-16)17(14-23-26)21(27)24-8-1-2-9-24/h3-4,7,12-15H,1-2,5-6,8-11H2. The second-order valence-electron chi connectivity index (χ2n) is 8.08. The van der Waals surface area contributed by atoms with Crippen molar-refractivity contribution in [3.05, 3.63) is 52.1 Å². The van der Waals surface area contributed by atoms with E-state index in [-0.39, 0.29) is 11.8 Å². The average Bonchev–Trinajstić information content (AvgIpc) is 3.53. The van der Waals surface area contributed by atoms with Crippen LogP contribution in [0.2, 0.25) is 4.34 Å². The van der Waals surface area contributed by atoms with Crippen molar-refractivity contribution in [2.75, 3.05) is 26.2 Å². The Balaban J connectivity index is 1.34. The Bertz CT molecular complexity index is 1220. The van der Waals surface area contributed by atoms with Crippen LogP contribution < -0.4 is 0 Å². The number of sulfonamides is 1. The van der Waals surface area contributed by atoms with Crippen LogP contribution in [0.25, 0.3) is 5.52 Å². The summed E-state index contributed by atoms with van der Waals surface area (Å²) in [6.07, 6.45) is 7.12. The number of nitrogens with zero attached hydrogens (tertiary/aromatic N) is 4. The van der Waals surface area contributed by atoms with E-state index in [0.717, 1.165) is 61.2 Å². The number of thiophene rings is 1. The van der Waals surface area contributed by atoms with Crippen LogP contribution in [0.1, 0.15) is 47.5 Å². The number of piperidine rings is 1. The second kappa shape index (κ2) is 8.20. The van der Waals surface area contributed by atoms with E-state index in [2.05, 4.69) is 5.10 Å². The molecule has 2 aliphatic heterocycles. The summed E-state index contributed by atoms with van der Waals surface area (Å²) in [7, 11) is -3.50. The molecular formula is C21H23ClN4O3S2. The fourth-order valence-corrected chi connectivity index (χ4v) is 7.61. The molecule has 5 rings (SSSR count). The molecule has 0 aliphatic carbocycles. The molecule has 2 aliphatic rings.